The molecule has 0 N–H and O–H groups in total. The summed E-state index contributed by atoms with van der Waals surface area (Å²) in [7, 11) is -3.67. The van der Waals surface area contributed by atoms with Crippen LogP contribution < -0.4 is 0 Å². The molecule has 0 amide bonds. The first-order valence-electron chi connectivity index (χ1n) is 3.20. The Bertz CT molecular complexity index is 473. The van der Waals surface area contributed by atoms with E-state index in [1.54, 1.807) is 6.07 Å². The van der Waals surface area contributed by atoms with Crippen molar-refractivity contribution >= 4 is 9.84 Å². The Morgan fingerprint density at radius 2 is 2.08 bits per heavy atom. The van der Waals surface area contributed by atoms with E-state index < -0.39 is 9.84 Å². The number of hydrogen-bond donors (Lipinski definition) is 0. The molecular formula is C7H5N3O2S. The van der Waals surface area contributed by atoms with E-state index >= 15 is 0 Å². The number of nitriles is 1. The monoisotopic (exact) mass is 195 g/mol. The van der Waals surface area contributed by atoms with Crippen LogP contribution in [0.15, 0.2) is 29.4 Å². The van der Waals surface area contributed by atoms with Gasteiger partial charge >= 0.3 is 0 Å². The maximum absolute atomic E-state index is 11.2. The van der Waals surface area contributed by atoms with E-state index in [0.717, 1.165) is 5.41 Å². The largest absolute Gasteiger partial charge is 0.241 e. The van der Waals surface area contributed by atoms with Crippen molar-refractivity contribution in [1.29, 1.82) is 5.26 Å². The molecule has 0 aliphatic carbocycles. The van der Waals surface area contributed by atoms with Crippen LogP contribution in [-0.4, -0.2) is 18.4 Å². The van der Waals surface area contributed by atoms with Gasteiger partial charge in [0.25, 0.3) is 0 Å². The second-order valence-corrected chi connectivity index (χ2v) is 3.84. The molecule has 1 aromatic rings. The Kier molecular flexibility index (Phi) is 2.39. The van der Waals surface area contributed by atoms with Gasteiger partial charge in [-0.15, -0.1) is 0 Å². The zero-order valence-corrected chi connectivity index (χ0v) is 7.32. The lowest BCUT2D eigenvalue weighted by molar-refractivity contribution is 0.600. The Morgan fingerprint density at radius 1 is 1.46 bits per heavy atom. The van der Waals surface area contributed by atoms with Gasteiger partial charge in [0.1, 0.15) is 6.07 Å². The smallest absolute Gasteiger partial charge is 0.219 e. The fraction of sp³-hybridized carbons (Fsp3) is 0. The molecule has 0 fully saturated rings. The van der Waals surface area contributed by atoms with Gasteiger partial charge in [-0.2, -0.15) is 5.26 Å². The molecule has 0 saturated heterocycles. The van der Waals surface area contributed by atoms with E-state index in [1.165, 1.54) is 12.4 Å². The number of sulfone groups is 1. The summed E-state index contributed by atoms with van der Waals surface area (Å²) in [5, 5.41) is 8.91. The summed E-state index contributed by atoms with van der Waals surface area (Å²) in [6, 6.07) is 1.64. The molecule has 0 unspecified atom stereocenters. The molecule has 13 heavy (non-hydrogen) atoms. The summed E-state index contributed by atoms with van der Waals surface area (Å²) >= 11 is 0. The SMILES string of the molecule is C=CS(=O)(=O)c1nccnc1C#N. The van der Waals surface area contributed by atoms with Gasteiger partial charge in [-0.05, 0) is 0 Å². The highest BCUT2D eigenvalue weighted by Gasteiger charge is 2.16. The van der Waals surface area contributed by atoms with E-state index in [9.17, 15) is 8.42 Å². The molecule has 0 bridgehead atoms. The second-order valence-electron chi connectivity index (χ2n) is 2.03. The van der Waals surface area contributed by atoms with Gasteiger partial charge in [0, 0.05) is 17.8 Å². The highest BCUT2D eigenvalue weighted by Crippen LogP contribution is 2.10. The summed E-state index contributed by atoms with van der Waals surface area (Å²) in [5.74, 6) is 0. The fourth-order valence-electron chi connectivity index (χ4n) is 0.689. The van der Waals surface area contributed by atoms with Crippen LogP contribution >= 0.6 is 0 Å². The Morgan fingerprint density at radius 3 is 2.62 bits per heavy atom. The fourth-order valence-corrected chi connectivity index (χ4v) is 1.42. The maximum atomic E-state index is 11.2. The summed E-state index contributed by atoms with van der Waals surface area (Å²) in [4.78, 5) is 7.11. The molecule has 66 valence electrons. The minimum atomic E-state index is -3.67. The van der Waals surface area contributed by atoms with E-state index in [1.807, 2.05) is 0 Å². The number of hydrogen-bond acceptors (Lipinski definition) is 5. The van der Waals surface area contributed by atoms with Crippen molar-refractivity contribution in [3.05, 3.63) is 30.1 Å². The van der Waals surface area contributed by atoms with Gasteiger partial charge in [-0.1, -0.05) is 6.58 Å². The van der Waals surface area contributed by atoms with E-state index in [4.69, 9.17) is 5.26 Å². The van der Waals surface area contributed by atoms with Crippen molar-refractivity contribution in [2.45, 2.75) is 5.03 Å². The lowest BCUT2D eigenvalue weighted by Crippen LogP contribution is -2.03. The number of nitrogens with zero attached hydrogens (tertiary/aromatic N) is 3. The van der Waals surface area contributed by atoms with Gasteiger partial charge < -0.3 is 0 Å². The van der Waals surface area contributed by atoms with Crippen LogP contribution in [0.5, 0.6) is 0 Å². The molecule has 0 aliphatic heterocycles. The Labute approximate surface area is 75.3 Å². The van der Waals surface area contributed by atoms with Crippen LogP contribution in [0.1, 0.15) is 5.69 Å². The van der Waals surface area contributed by atoms with Crippen molar-refractivity contribution in [3.8, 4) is 6.07 Å². The zero-order chi connectivity index (χ0) is 9.90. The maximum Gasteiger partial charge on any atom is 0.219 e. The average molecular weight is 195 g/mol. The standard InChI is InChI=1S/C7H5N3O2S/c1-2-13(11,12)7-6(5-8)9-3-4-10-7/h2-4H,1H2. The molecule has 0 aromatic carbocycles. The van der Waals surface area contributed by atoms with Gasteiger partial charge in [0.05, 0.1) is 0 Å². The minimum absolute atomic E-state index is 0.220. The molecule has 1 heterocycles. The van der Waals surface area contributed by atoms with Gasteiger partial charge in [-0.3, -0.25) is 0 Å². The first-order valence-corrected chi connectivity index (χ1v) is 4.75. The number of rotatable bonds is 2. The predicted octanol–water partition coefficient (Wildman–Crippen LogP) is 0.265. The Balaban J connectivity index is 3.49. The third kappa shape index (κ3) is 1.71. The van der Waals surface area contributed by atoms with Crippen LogP contribution in [0.3, 0.4) is 0 Å². The van der Waals surface area contributed by atoms with Crippen molar-refractivity contribution < 1.29 is 8.42 Å². The summed E-state index contributed by atoms with van der Waals surface area (Å²) in [6.45, 7) is 3.12. The molecule has 1 rings (SSSR count). The summed E-state index contributed by atoms with van der Waals surface area (Å²) < 4.78 is 22.4. The molecule has 6 heteroatoms. The molecule has 0 saturated carbocycles. The molecule has 1 aromatic heterocycles. The quantitative estimate of drug-likeness (QED) is 0.676. The van der Waals surface area contributed by atoms with Gasteiger partial charge in [-0.25, -0.2) is 18.4 Å². The molecular weight excluding hydrogens is 190 g/mol. The molecule has 0 aliphatic rings. The van der Waals surface area contributed by atoms with Gasteiger partial charge in [0.2, 0.25) is 9.84 Å². The second kappa shape index (κ2) is 3.33. The highest BCUT2D eigenvalue weighted by atomic mass is 32.2. The first-order chi connectivity index (χ1) is 6.11. The lowest BCUT2D eigenvalue weighted by atomic mass is 10.5. The topological polar surface area (TPSA) is 83.7 Å². The average Bonchev–Trinajstić information content (AvgIpc) is 2.18. The van der Waals surface area contributed by atoms with Crippen LogP contribution in [0.2, 0.25) is 0 Å². The van der Waals surface area contributed by atoms with Crippen molar-refractivity contribution in [2.75, 3.05) is 0 Å². The lowest BCUT2D eigenvalue weighted by Gasteiger charge is -1.97. The zero-order valence-electron chi connectivity index (χ0n) is 6.51. The van der Waals surface area contributed by atoms with Crippen LogP contribution in [0.4, 0.5) is 0 Å². The number of aromatic nitrogens is 2. The van der Waals surface area contributed by atoms with Crippen LogP contribution in [0, 0.1) is 11.3 Å². The van der Waals surface area contributed by atoms with Gasteiger partial charge in [0.15, 0.2) is 10.7 Å². The van der Waals surface area contributed by atoms with Crippen molar-refractivity contribution in [1.82, 2.24) is 9.97 Å². The predicted molar refractivity (Wildman–Crippen MR) is 44.1 cm³/mol. The third-order valence-corrected chi connectivity index (χ3v) is 2.54. The van der Waals surface area contributed by atoms with Crippen LogP contribution in [0.25, 0.3) is 0 Å². The summed E-state index contributed by atoms with van der Waals surface area (Å²) in [6.07, 6.45) is 2.46. The third-order valence-electron chi connectivity index (χ3n) is 1.26. The molecule has 0 spiro atoms. The minimum Gasteiger partial charge on any atom is -0.241 e. The van der Waals surface area contributed by atoms with E-state index in [0.29, 0.717) is 0 Å². The summed E-state index contributed by atoms with van der Waals surface area (Å²) in [5.41, 5.74) is -0.220. The van der Waals surface area contributed by atoms with Crippen LogP contribution in [-0.2, 0) is 9.84 Å². The van der Waals surface area contributed by atoms with Crippen molar-refractivity contribution in [2.24, 2.45) is 0 Å². The normalized spacial score (nSPS) is 10.4. The van der Waals surface area contributed by atoms with E-state index in [2.05, 4.69) is 16.5 Å². The Hall–Kier alpha value is -1.74. The molecule has 0 atom stereocenters. The van der Waals surface area contributed by atoms with E-state index in [-0.39, 0.29) is 10.7 Å². The molecule has 0 radical (unpaired) electrons. The van der Waals surface area contributed by atoms with Crippen molar-refractivity contribution in [3.63, 3.8) is 0 Å². The molecule has 5 nitrogen and oxygen atoms in total. The highest BCUT2D eigenvalue weighted by molar-refractivity contribution is 7.94. The first kappa shape index (κ1) is 9.35.